The number of phenols is 1. The molecule has 0 aliphatic rings. The Balaban J connectivity index is 2.91. The van der Waals surface area contributed by atoms with E-state index >= 15 is 0 Å². The Hall–Kier alpha value is -2.24. The van der Waals surface area contributed by atoms with Gasteiger partial charge in [0, 0.05) is 5.56 Å². The van der Waals surface area contributed by atoms with Gasteiger partial charge in [-0.25, -0.2) is 4.79 Å². The van der Waals surface area contributed by atoms with Gasteiger partial charge in [0.05, 0.1) is 7.11 Å². The summed E-state index contributed by atoms with van der Waals surface area (Å²) in [6, 6.07) is 3.40. The number of alkyl carbamates (subject to hydrolysis) is 1. The minimum atomic E-state index is -1.01. The first-order chi connectivity index (χ1) is 9.26. The van der Waals surface area contributed by atoms with Gasteiger partial charge < -0.3 is 24.7 Å². The van der Waals surface area contributed by atoms with E-state index < -0.39 is 17.7 Å². The normalized spacial score (nSPS) is 12.4. The lowest BCUT2D eigenvalue weighted by atomic mass is 10.1. The predicted octanol–water partition coefficient (Wildman–Crippen LogP) is 2.17. The monoisotopic (exact) mass is 281 g/mol. The first-order valence-electron chi connectivity index (χ1n) is 6.08. The van der Waals surface area contributed by atoms with Crippen LogP contribution in [-0.4, -0.2) is 30.2 Å². The maximum Gasteiger partial charge on any atom is 0.408 e. The molecule has 6 nitrogen and oxygen atoms in total. The number of methoxy groups -OCH3 is 1. The van der Waals surface area contributed by atoms with Gasteiger partial charge in [0.1, 0.15) is 29.4 Å². The fourth-order valence-corrected chi connectivity index (χ4v) is 1.53. The molecule has 0 aliphatic carbocycles. The molecule has 1 aromatic carbocycles. The largest absolute Gasteiger partial charge is 0.508 e. The molecule has 1 amide bonds. The van der Waals surface area contributed by atoms with E-state index in [0.29, 0.717) is 12.0 Å². The van der Waals surface area contributed by atoms with Crippen LogP contribution in [0.1, 0.15) is 32.4 Å². The molecule has 1 atom stereocenters. The second-order valence-electron chi connectivity index (χ2n) is 5.18. The number of hydrogen-bond acceptors (Lipinski definition) is 5. The molecular weight excluding hydrogens is 262 g/mol. The number of aldehydes is 1. The van der Waals surface area contributed by atoms with E-state index in [9.17, 15) is 14.7 Å². The number of carbonyl (C=O) groups excluding carboxylic acids is 2. The minimum absolute atomic E-state index is 0.112. The third-order valence-electron chi connectivity index (χ3n) is 2.38. The van der Waals surface area contributed by atoms with Crippen molar-refractivity contribution in [2.45, 2.75) is 32.4 Å². The molecule has 0 spiro atoms. The Bertz CT molecular complexity index is 493. The molecule has 0 aliphatic heterocycles. The first kappa shape index (κ1) is 15.8. The van der Waals surface area contributed by atoms with E-state index in [2.05, 4.69) is 5.32 Å². The van der Waals surface area contributed by atoms with Crippen LogP contribution in [0.2, 0.25) is 0 Å². The molecule has 0 saturated carbocycles. The fraction of sp³-hybridized carbons (Fsp3) is 0.429. The van der Waals surface area contributed by atoms with Crippen LogP contribution in [0.3, 0.4) is 0 Å². The van der Waals surface area contributed by atoms with Gasteiger partial charge >= 0.3 is 6.09 Å². The number of hydrogen-bond donors (Lipinski definition) is 2. The van der Waals surface area contributed by atoms with Crippen LogP contribution in [0, 0.1) is 0 Å². The van der Waals surface area contributed by atoms with E-state index in [0.717, 1.165) is 0 Å². The van der Waals surface area contributed by atoms with Crippen molar-refractivity contribution < 1.29 is 24.2 Å². The van der Waals surface area contributed by atoms with E-state index in [-0.39, 0.29) is 11.3 Å². The van der Waals surface area contributed by atoms with Crippen molar-refractivity contribution in [3.63, 3.8) is 0 Å². The Labute approximate surface area is 117 Å². The van der Waals surface area contributed by atoms with Crippen LogP contribution in [-0.2, 0) is 9.53 Å². The molecule has 0 fully saturated rings. The second kappa shape index (κ2) is 6.27. The maximum atomic E-state index is 11.7. The van der Waals surface area contributed by atoms with Crippen molar-refractivity contribution in [2.75, 3.05) is 7.11 Å². The number of aromatic hydroxyl groups is 1. The van der Waals surface area contributed by atoms with Crippen molar-refractivity contribution in [1.82, 2.24) is 5.32 Å². The average molecular weight is 281 g/mol. The Kier molecular flexibility index (Phi) is 4.96. The number of rotatable bonds is 4. The van der Waals surface area contributed by atoms with Crippen molar-refractivity contribution in [2.24, 2.45) is 0 Å². The second-order valence-corrected chi connectivity index (χ2v) is 5.18. The Morgan fingerprint density at radius 3 is 2.55 bits per heavy atom. The smallest absolute Gasteiger partial charge is 0.408 e. The SMILES string of the molecule is COc1ccc(O)c(C(C=O)NC(=O)OC(C)(C)C)c1. The summed E-state index contributed by atoms with van der Waals surface area (Å²) in [5, 5.41) is 12.2. The summed E-state index contributed by atoms with van der Waals surface area (Å²) in [6.45, 7) is 5.14. The quantitative estimate of drug-likeness (QED) is 0.826. The van der Waals surface area contributed by atoms with Gasteiger partial charge in [0.25, 0.3) is 0 Å². The van der Waals surface area contributed by atoms with Gasteiger partial charge in [0.15, 0.2) is 0 Å². The molecule has 2 N–H and O–H groups in total. The number of carbonyl (C=O) groups is 2. The number of amides is 1. The van der Waals surface area contributed by atoms with E-state index in [1.54, 1.807) is 26.8 Å². The average Bonchev–Trinajstić information content (AvgIpc) is 2.34. The lowest BCUT2D eigenvalue weighted by Gasteiger charge is -2.22. The third kappa shape index (κ3) is 4.46. The Morgan fingerprint density at radius 2 is 2.05 bits per heavy atom. The molecule has 0 saturated heterocycles. The first-order valence-corrected chi connectivity index (χ1v) is 6.08. The summed E-state index contributed by atoms with van der Waals surface area (Å²) in [4.78, 5) is 22.8. The molecule has 6 heteroatoms. The highest BCUT2D eigenvalue weighted by Gasteiger charge is 2.22. The van der Waals surface area contributed by atoms with E-state index in [4.69, 9.17) is 9.47 Å². The van der Waals surface area contributed by atoms with Crippen LogP contribution < -0.4 is 10.1 Å². The lowest BCUT2D eigenvalue weighted by Crippen LogP contribution is -2.35. The van der Waals surface area contributed by atoms with Gasteiger partial charge in [-0.05, 0) is 39.0 Å². The Morgan fingerprint density at radius 1 is 1.40 bits per heavy atom. The number of phenolic OH excluding ortho intramolecular Hbond substituents is 1. The van der Waals surface area contributed by atoms with Crippen LogP contribution in [0.4, 0.5) is 4.79 Å². The number of ether oxygens (including phenoxy) is 2. The van der Waals surface area contributed by atoms with Crippen molar-refractivity contribution in [3.8, 4) is 11.5 Å². The summed E-state index contributed by atoms with van der Waals surface area (Å²) in [6.07, 6.45) is -0.227. The zero-order valence-electron chi connectivity index (χ0n) is 12.0. The molecule has 1 aromatic rings. The molecule has 20 heavy (non-hydrogen) atoms. The summed E-state index contributed by atoms with van der Waals surface area (Å²) in [5.74, 6) is 0.356. The molecular formula is C14H19NO5. The molecule has 0 bridgehead atoms. The highest BCUT2D eigenvalue weighted by Crippen LogP contribution is 2.27. The third-order valence-corrected chi connectivity index (χ3v) is 2.38. The standard InChI is InChI=1S/C14H19NO5/c1-14(2,3)20-13(18)15-11(8-16)10-7-9(19-4)5-6-12(10)17/h5-8,11,17H,1-4H3,(H,15,18). The number of nitrogens with one attached hydrogen (secondary N) is 1. The number of benzene rings is 1. The van der Waals surface area contributed by atoms with Gasteiger partial charge in [-0.15, -0.1) is 0 Å². The van der Waals surface area contributed by atoms with Crippen LogP contribution in [0.15, 0.2) is 18.2 Å². The highest BCUT2D eigenvalue weighted by atomic mass is 16.6. The topological polar surface area (TPSA) is 84.9 Å². The maximum absolute atomic E-state index is 11.7. The zero-order valence-corrected chi connectivity index (χ0v) is 12.0. The van der Waals surface area contributed by atoms with Gasteiger partial charge in [0.2, 0.25) is 0 Å². The molecule has 0 aromatic heterocycles. The van der Waals surface area contributed by atoms with Crippen molar-refractivity contribution in [1.29, 1.82) is 0 Å². The van der Waals surface area contributed by atoms with Gasteiger partial charge in [-0.3, -0.25) is 0 Å². The van der Waals surface area contributed by atoms with Gasteiger partial charge in [-0.1, -0.05) is 0 Å². The molecule has 0 heterocycles. The molecule has 0 radical (unpaired) electrons. The van der Waals surface area contributed by atoms with Crippen molar-refractivity contribution in [3.05, 3.63) is 23.8 Å². The van der Waals surface area contributed by atoms with E-state index in [1.165, 1.54) is 19.2 Å². The van der Waals surface area contributed by atoms with Crippen LogP contribution in [0.25, 0.3) is 0 Å². The molecule has 110 valence electrons. The summed E-state index contributed by atoms with van der Waals surface area (Å²) in [5.41, 5.74) is -0.432. The zero-order chi connectivity index (χ0) is 15.3. The van der Waals surface area contributed by atoms with Crippen molar-refractivity contribution >= 4 is 12.4 Å². The predicted molar refractivity (Wildman–Crippen MR) is 72.8 cm³/mol. The summed E-state index contributed by atoms with van der Waals surface area (Å²) < 4.78 is 10.1. The van der Waals surface area contributed by atoms with E-state index in [1.807, 2.05) is 0 Å². The fourth-order valence-electron chi connectivity index (χ4n) is 1.53. The minimum Gasteiger partial charge on any atom is -0.508 e. The molecule has 1 unspecified atom stereocenters. The lowest BCUT2D eigenvalue weighted by molar-refractivity contribution is -0.109. The van der Waals surface area contributed by atoms with Crippen LogP contribution >= 0.6 is 0 Å². The summed E-state index contributed by atoms with van der Waals surface area (Å²) >= 11 is 0. The molecule has 1 rings (SSSR count). The highest BCUT2D eigenvalue weighted by molar-refractivity contribution is 5.75. The van der Waals surface area contributed by atoms with Gasteiger partial charge in [-0.2, -0.15) is 0 Å². The van der Waals surface area contributed by atoms with Crippen LogP contribution in [0.5, 0.6) is 11.5 Å². The summed E-state index contributed by atoms with van der Waals surface area (Å²) in [7, 11) is 1.47.